The quantitative estimate of drug-likeness (QED) is 0.533. The number of hydrogen-bond acceptors (Lipinski definition) is 0. The summed E-state index contributed by atoms with van der Waals surface area (Å²) in [5.41, 5.74) is 0. The Morgan fingerprint density at radius 2 is 0.636 bits per heavy atom. The van der Waals surface area contributed by atoms with Crippen LogP contribution >= 0.6 is 0 Å². The van der Waals surface area contributed by atoms with Crippen molar-refractivity contribution in [2.24, 2.45) is 23.7 Å². The van der Waals surface area contributed by atoms with Gasteiger partial charge in [0.15, 0.2) is 0 Å². The summed E-state index contributed by atoms with van der Waals surface area (Å²) in [6, 6.07) is 0. The summed E-state index contributed by atoms with van der Waals surface area (Å²) in [7, 11) is 0. The van der Waals surface area contributed by atoms with Gasteiger partial charge in [0.05, 0.1) is 0 Å². The topological polar surface area (TPSA) is 0 Å². The molecule has 4 bridgehead atoms. The summed E-state index contributed by atoms with van der Waals surface area (Å²) in [4.78, 5) is 0. The van der Waals surface area contributed by atoms with Gasteiger partial charge < -0.3 is 0 Å². The molecule has 0 aromatic heterocycles. The molecule has 0 aromatic rings. The molecular weight excluding hydrogens is 193 g/mol. The normalized spacial score (nSPS) is 52.4. The molecule has 4 aliphatic carbocycles. The van der Waals surface area contributed by atoms with E-state index in [1.165, 1.54) is 23.7 Å². The van der Waals surface area contributed by atoms with Gasteiger partial charge in [0.1, 0.15) is 0 Å². The predicted molar refractivity (Wildman–Crippen MR) is 53.0 cm³/mol. The van der Waals surface area contributed by atoms with Crippen molar-refractivity contribution in [2.45, 2.75) is 38.5 Å². The van der Waals surface area contributed by atoms with Gasteiger partial charge in [-0.15, -0.1) is 0 Å². The molecule has 0 spiro atoms. The molecule has 4 rings (SSSR count). The second-order valence-corrected chi connectivity index (χ2v) is 4.88. The zero-order chi connectivity index (χ0) is 6.55. The zero-order valence-electron chi connectivity index (χ0n) is 6.55. The fraction of sp³-hybridized carbons (Fsp3) is 1.00. The van der Waals surface area contributed by atoms with Crippen LogP contribution in [0.2, 0.25) is 0 Å². The Labute approximate surface area is 80.1 Å². The van der Waals surface area contributed by atoms with Crippen molar-refractivity contribution in [1.82, 2.24) is 0 Å². The van der Waals surface area contributed by atoms with Gasteiger partial charge in [-0.25, -0.2) is 0 Å². The molecule has 1 heteroatoms. The third-order valence-electron chi connectivity index (χ3n) is 4.00. The third-order valence-corrected chi connectivity index (χ3v) is 4.00. The molecule has 11 heavy (non-hydrogen) atoms. The van der Waals surface area contributed by atoms with E-state index in [-0.39, 0.29) is 17.6 Å². The Bertz CT molecular complexity index is 96.4. The molecule has 0 aromatic carbocycles. The minimum atomic E-state index is 0. The Kier molecular flexibility index (Phi) is 2.07. The predicted octanol–water partition coefficient (Wildman–Crippen LogP) is 1.38. The van der Waals surface area contributed by atoms with E-state index in [1.807, 2.05) is 0 Å². The minimum absolute atomic E-state index is 0. The monoisotopic (exact) mass is 214 g/mol. The van der Waals surface area contributed by atoms with Gasteiger partial charge in [-0.2, -0.15) is 0 Å². The summed E-state index contributed by atoms with van der Waals surface area (Å²) in [6.07, 6.45) is 9.62. The summed E-state index contributed by atoms with van der Waals surface area (Å²) >= 11 is 0. The van der Waals surface area contributed by atoms with Crippen molar-refractivity contribution in [1.29, 1.82) is 0 Å². The Balaban J connectivity index is 0.000000480. The molecule has 64 valence electrons. The van der Waals surface area contributed by atoms with E-state index < -0.39 is 0 Å². The van der Waals surface area contributed by atoms with E-state index in [4.69, 9.17) is 0 Å². The first kappa shape index (κ1) is 8.16. The van der Waals surface area contributed by atoms with Crippen LogP contribution in [-0.4, -0.2) is 17.6 Å². The first-order valence-corrected chi connectivity index (χ1v) is 4.90. The van der Waals surface area contributed by atoms with Crippen molar-refractivity contribution >= 4 is 17.6 Å². The van der Waals surface area contributed by atoms with Crippen molar-refractivity contribution < 1.29 is 0 Å². The van der Waals surface area contributed by atoms with Crippen molar-refractivity contribution in [3.8, 4) is 0 Å². The van der Waals surface area contributed by atoms with Crippen molar-refractivity contribution in [3.05, 3.63) is 0 Å². The van der Waals surface area contributed by atoms with E-state index in [2.05, 4.69) is 0 Å². The van der Waals surface area contributed by atoms with Crippen LogP contribution < -0.4 is 0 Å². The van der Waals surface area contributed by atoms with Crippen LogP contribution in [0.1, 0.15) is 38.5 Å². The second kappa shape index (κ2) is 2.79. The molecular formula is C10H20Ge. The van der Waals surface area contributed by atoms with Crippen molar-refractivity contribution in [3.63, 3.8) is 0 Å². The molecule has 0 N–H and O–H groups in total. The molecule has 4 aliphatic rings. The molecule has 0 amide bonds. The van der Waals surface area contributed by atoms with Gasteiger partial charge in [-0.1, -0.05) is 0 Å². The molecule has 0 unspecified atom stereocenters. The molecule has 0 radical (unpaired) electrons. The van der Waals surface area contributed by atoms with Crippen molar-refractivity contribution in [2.75, 3.05) is 0 Å². The summed E-state index contributed by atoms with van der Waals surface area (Å²) in [5.74, 6) is 4.71. The van der Waals surface area contributed by atoms with Crippen LogP contribution in [0.25, 0.3) is 0 Å². The van der Waals surface area contributed by atoms with Gasteiger partial charge in [-0.05, 0) is 62.2 Å². The summed E-state index contributed by atoms with van der Waals surface area (Å²) in [6.45, 7) is 0. The molecule has 0 nitrogen and oxygen atoms in total. The van der Waals surface area contributed by atoms with Gasteiger partial charge in [-0.3, -0.25) is 0 Å². The van der Waals surface area contributed by atoms with E-state index in [1.54, 1.807) is 38.5 Å². The van der Waals surface area contributed by atoms with Crippen LogP contribution in [-0.2, 0) is 0 Å². The van der Waals surface area contributed by atoms with Gasteiger partial charge >= 0.3 is 17.6 Å². The van der Waals surface area contributed by atoms with E-state index in [9.17, 15) is 0 Å². The Morgan fingerprint density at radius 1 is 0.455 bits per heavy atom. The van der Waals surface area contributed by atoms with Gasteiger partial charge in [0.25, 0.3) is 0 Å². The van der Waals surface area contributed by atoms with E-state index in [0.29, 0.717) is 0 Å². The van der Waals surface area contributed by atoms with Gasteiger partial charge in [0, 0.05) is 0 Å². The van der Waals surface area contributed by atoms with Crippen LogP contribution in [0.4, 0.5) is 0 Å². The molecule has 0 saturated heterocycles. The van der Waals surface area contributed by atoms with Crippen LogP contribution in [0.15, 0.2) is 0 Å². The summed E-state index contributed by atoms with van der Waals surface area (Å²) in [5, 5.41) is 0. The fourth-order valence-electron chi connectivity index (χ4n) is 3.98. The maximum atomic E-state index is 1.60. The molecule has 0 heterocycles. The first-order chi connectivity index (χ1) is 4.90. The SMILES string of the molecule is C1C2CC3CC1CC(C2)C3.[GeH4]. The maximum absolute atomic E-state index is 1.60. The molecule has 0 aliphatic heterocycles. The van der Waals surface area contributed by atoms with Crippen LogP contribution in [0.5, 0.6) is 0 Å². The standard InChI is InChI=1S/C10H16.GeH4/c1-7-2-9-4-8(1)5-10(3-7)6-9;/h7-10H,1-6H2;1H4. The Morgan fingerprint density at radius 3 is 0.818 bits per heavy atom. The van der Waals surface area contributed by atoms with E-state index in [0.717, 1.165) is 0 Å². The molecule has 0 atom stereocenters. The first-order valence-electron chi connectivity index (χ1n) is 4.90. The number of hydrogen-bond donors (Lipinski definition) is 0. The second-order valence-electron chi connectivity index (χ2n) is 4.88. The summed E-state index contributed by atoms with van der Waals surface area (Å²) < 4.78 is 0. The average Bonchev–Trinajstić information content (AvgIpc) is 1.82. The molecule has 4 fully saturated rings. The van der Waals surface area contributed by atoms with E-state index >= 15 is 0 Å². The average molecular weight is 213 g/mol. The Hall–Kier alpha value is 0.543. The fourth-order valence-corrected chi connectivity index (χ4v) is 3.98. The third kappa shape index (κ3) is 1.28. The van der Waals surface area contributed by atoms with Gasteiger partial charge in [0.2, 0.25) is 0 Å². The van der Waals surface area contributed by atoms with Crippen LogP contribution in [0, 0.1) is 23.7 Å². The number of rotatable bonds is 0. The zero-order valence-corrected chi connectivity index (χ0v) is 6.55. The molecule has 4 saturated carbocycles. The van der Waals surface area contributed by atoms with Crippen LogP contribution in [0.3, 0.4) is 0 Å².